The number of hydrogen-bond donors (Lipinski definition) is 2. The summed E-state index contributed by atoms with van der Waals surface area (Å²) in [6, 6.07) is 16.8. The van der Waals surface area contributed by atoms with Gasteiger partial charge < -0.3 is 10.4 Å². The lowest BCUT2D eigenvalue weighted by Crippen LogP contribution is -2.25. The number of aliphatic carboxylic acids is 1. The van der Waals surface area contributed by atoms with E-state index in [0.29, 0.717) is 40.3 Å². The van der Waals surface area contributed by atoms with Crippen molar-refractivity contribution in [2.45, 2.75) is 19.3 Å². The van der Waals surface area contributed by atoms with Gasteiger partial charge in [-0.1, -0.05) is 60.2 Å². The van der Waals surface area contributed by atoms with Crippen LogP contribution in [0.5, 0.6) is 0 Å². The number of aromatic nitrogens is 1. The number of ketones is 1. The quantitative estimate of drug-likeness (QED) is 0.303. The second-order valence-corrected chi connectivity index (χ2v) is 9.38. The third kappa shape index (κ3) is 4.17. The molecule has 1 heterocycles. The molecule has 34 heavy (non-hydrogen) atoms. The molecule has 1 aliphatic rings. The van der Waals surface area contributed by atoms with Gasteiger partial charge in [0.15, 0.2) is 16.7 Å². The van der Waals surface area contributed by atoms with Gasteiger partial charge in [0.2, 0.25) is 0 Å². The minimum Gasteiger partial charge on any atom is -0.481 e. The molecule has 2 N–H and O–H groups in total. The monoisotopic (exact) mass is 478 g/mol. The molecule has 0 saturated heterocycles. The van der Waals surface area contributed by atoms with E-state index < -0.39 is 29.4 Å². The van der Waals surface area contributed by atoms with Crippen molar-refractivity contribution in [3.05, 3.63) is 77.9 Å². The molecular formula is C26H20F2N2O3S. The van der Waals surface area contributed by atoms with Gasteiger partial charge in [-0.3, -0.25) is 9.59 Å². The minimum absolute atomic E-state index is 0.0673. The van der Waals surface area contributed by atoms with E-state index in [1.807, 2.05) is 36.4 Å². The van der Waals surface area contributed by atoms with Crippen LogP contribution in [0.15, 0.2) is 60.7 Å². The Balaban J connectivity index is 1.56. The molecule has 172 valence electrons. The molecule has 2 atom stereocenters. The summed E-state index contributed by atoms with van der Waals surface area (Å²) >= 11 is 1.10. The number of carbonyl (C=O) groups is 2. The van der Waals surface area contributed by atoms with Crippen LogP contribution in [0.4, 0.5) is 19.6 Å². The molecule has 4 aromatic rings. The number of carboxylic acid groups (broad SMARTS) is 1. The summed E-state index contributed by atoms with van der Waals surface area (Å²) in [7, 11) is 0. The number of rotatable bonds is 6. The van der Waals surface area contributed by atoms with Crippen LogP contribution in [-0.4, -0.2) is 21.8 Å². The SMILES string of the molecule is O=C(O)[C@H]1CCC[C@@H]1C(=O)c1ccc(-c2ccccc2)c(Nc2nc3c(F)cc(F)cc3s2)c1. The molecule has 0 amide bonds. The van der Waals surface area contributed by atoms with Gasteiger partial charge in [-0.15, -0.1) is 0 Å². The Morgan fingerprint density at radius 1 is 1.00 bits per heavy atom. The molecule has 5 nitrogen and oxygen atoms in total. The predicted molar refractivity (Wildman–Crippen MR) is 127 cm³/mol. The summed E-state index contributed by atoms with van der Waals surface area (Å²) in [5.41, 5.74) is 2.73. The fourth-order valence-electron chi connectivity index (χ4n) is 4.58. The minimum atomic E-state index is -0.946. The molecule has 1 aromatic heterocycles. The van der Waals surface area contributed by atoms with E-state index in [4.69, 9.17) is 0 Å². The number of Topliss-reactive ketones (excluding diaryl/α,β-unsaturated/α-hetero) is 1. The van der Waals surface area contributed by atoms with E-state index in [1.165, 1.54) is 6.07 Å². The fraction of sp³-hybridized carbons (Fsp3) is 0.192. The van der Waals surface area contributed by atoms with Crippen molar-refractivity contribution in [2.75, 3.05) is 5.32 Å². The van der Waals surface area contributed by atoms with Crippen molar-refractivity contribution in [1.82, 2.24) is 4.98 Å². The highest BCUT2D eigenvalue weighted by atomic mass is 32.1. The van der Waals surface area contributed by atoms with Crippen molar-refractivity contribution in [3.63, 3.8) is 0 Å². The maximum absolute atomic E-state index is 14.2. The molecule has 0 aliphatic heterocycles. The van der Waals surface area contributed by atoms with Gasteiger partial charge in [-0.2, -0.15) is 0 Å². The summed E-state index contributed by atoms with van der Waals surface area (Å²) in [6.45, 7) is 0. The van der Waals surface area contributed by atoms with Crippen LogP contribution in [0.25, 0.3) is 21.3 Å². The number of nitrogens with zero attached hydrogens (tertiary/aromatic N) is 1. The summed E-state index contributed by atoms with van der Waals surface area (Å²) in [4.78, 5) is 29.1. The smallest absolute Gasteiger partial charge is 0.307 e. The van der Waals surface area contributed by atoms with E-state index in [2.05, 4.69) is 10.3 Å². The van der Waals surface area contributed by atoms with Crippen LogP contribution in [0.2, 0.25) is 0 Å². The first-order chi connectivity index (χ1) is 16.4. The van der Waals surface area contributed by atoms with Gasteiger partial charge in [-0.25, -0.2) is 13.8 Å². The average molecular weight is 479 g/mol. The number of halogens is 2. The molecule has 0 bridgehead atoms. The first kappa shape index (κ1) is 22.2. The van der Waals surface area contributed by atoms with E-state index in [-0.39, 0.29) is 11.3 Å². The van der Waals surface area contributed by atoms with Crippen LogP contribution in [0.1, 0.15) is 29.6 Å². The molecule has 0 unspecified atom stereocenters. The zero-order valence-electron chi connectivity index (χ0n) is 17.9. The normalized spacial score (nSPS) is 17.7. The second kappa shape index (κ2) is 8.95. The van der Waals surface area contributed by atoms with Crippen molar-refractivity contribution in [3.8, 4) is 11.1 Å². The number of thiazole rings is 1. The summed E-state index contributed by atoms with van der Waals surface area (Å²) in [5, 5.41) is 13.0. The van der Waals surface area contributed by atoms with Crippen molar-refractivity contribution >= 4 is 44.1 Å². The van der Waals surface area contributed by atoms with E-state index >= 15 is 0 Å². The van der Waals surface area contributed by atoms with Crippen LogP contribution in [0, 0.1) is 23.5 Å². The summed E-state index contributed by atoms with van der Waals surface area (Å²) < 4.78 is 28.2. The Labute approximate surface area is 198 Å². The van der Waals surface area contributed by atoms with Gasteiger partial charge in [-0.05, 0) is 30.5 Å². The highest BCUT2D eigenvalue weighted by Gasteiger charge is 2.38. The van der Waals surface area contributed by atoms with Gasteiger partial charge in [0.05, 0.1) is 10.6 Å². The van der Waals surface area contributed by atoms with Crippen LogP contribution >= 0.6 is 11.3 Å². The first-order valence-corrected chi connectivity index (χ1v) is 11.7. The van der Waals surface area contributed by atoms with Crippen LogP contribution in [0.3, 0.4) is 0 Å². The lowest BCUT2D eigenvalue weighted by Gasteiger charge is -2.17. The predicted octanol–water partition coefficient (Wildman–Crippen LogP) is 6.67. The van der Waals surface area contributed by atoms with Crippen molar-refractivity contribution < 1.29 is 23.5 Å². The second-order valence-electron chi connectivity index (χ2n) is 8.35. The largest absolute Gasteiger partial charge is 0.481 e. The van der Waals surface area contributed by atoms with Crippen LogP contribution < -0.4 is 5.32 Å². The molecule has 1 fully saturated rings. The number of anilines is 2. The van der Waals surface area contributed by atoms with Gasteiger partial charge in [0.1, 0.15) is 11.3 Å². The number of nitrogens with one attached hydrogen (secondary N) is 1. The Morgan fingerprint density at radius 3 is 2.53 bits per heavy atom. The highest BCUT2D eigenvalue weighted by molar-refractivity contribution is 7.22. The molecule has 1 aliphatic carbocycles. The van der Waals surface area contributed by atoms with Gasteiger partial charge in [0, 0.05) is 28.8 Å². The lowest BCUT2D eigenvalue weighted by molar-refractivity contribution is -0.142. The summed E-state index contributed by atoms with van der Waals surface area (Å²) in [5.74, 6) is -3.81. The molecule has 5 rings (SSSR count). The number of carboxylic acids is 1. The first-order valence-electron chi connectivity index (χ1n) is 10.9. The third-order valence-corrected chi connectivity index (χ3v) is 7.13. The Morgan fingerprint density at radius 2 is 1.76 bits per heavy atom. The van der Waals surface area contributed by atoms with Crippen molar-refractivity contribution in [2.24, 2.45) is 11.8 Å². The number of carbonyl (C=O) groups excluding carboxylic acids is 1. The van der Waals surface area contributed by atoms with E-state index in [0.717, 1.165) is 28.5 Å². The summed E-state index contributed by atoms with van der Waals surface area (Å²) in [6.07, 6.45) is 1.74. The molecule has 0 spiro atoms. The topological polar surface area (TPSA) is 79.3 Å². The lowest BCUT2D eigenvalue weighted by atomic mass is 9.87. The number of benzene rings is 3. The maximum Gasteiger partial charge on any atom is 0.307 e. The highest BCUT2D eigenvalue weighted by Crippen LogP contribution is 2.38. The third-order valence-electron chi connectivity index (χ3n) is 6.21. The van der Waals surface area contributed by atoms with Gasteiger partial charge >= 0.3 is 5.97 Å². The Hall–Kier alpha value is -3.65. The zero-order chi connectivity index (χ0) is 23.8. The molecule has 1 saturated carbocycles. The van der Waals surface area contributed by atoms with Gasteiger partial charge in [0.25, 0.3) is 0 Å². The van der Waals surface area contributed by atoms with Crippen LogP contribution in [-0.2, 0) is 4.79 Å². The fourth-order valence-corrected chi connectivity index (χ4v) is 5.50. The average Bonchev–Trinajstić information content (AvgIpc) is 3.46. The standard InChI is InChI=1S/C26H20F2N2O3S/c27-16-12-20(28)23-22(13-16)34-26(30-23)29-21-11-15(9-10-17(21)14-5-2-1-3-6-14)24(31)18-7-4-8-19(18)25(32)33/h1-3,5-6,9-13,18-19H,4,7-8H2,(H,29,30)(H,32,33)/t18-,19-/m0/s1. The molecule has 8 heteroatoms. The number of hydrogen-bond acceptors (Lipinski definition) is 5. The molecule has 3 aromatic carbocycles. The Bertz CT molecular complexity index is 1400. The Kier molecular flexibility index (Phi) is 5.83. The van der Waals surface area contributed by atoms with E-state index in [1.54, 1.807) is 12.1 Å². The van der Waals surface area contributed by atoms with E-state index in [9.17, 15) is 23.5 Å². The number of fused-ring (bicyclic) bond motifs is 1. The van der Waals surface area contributed by atoms with Crippen molar-refractivity contribution in [1.29, 1.82) is 0 Å². The molecular weight excluding hydrogens is 458 g/mol. The zero-order valence-corrected chi connectivity index (χ0v) is 18.7. The maximum atomic E-state index is 14.2. The molecule has 0 radical (unpaired) electrons.